The van der Waals surface area contributed by atoms with Crippen molar-refractivity contribution in [3.8, 4) is 0 Å². The minimum atomic E-state index is -1.06. The molecule has 5 atom stereocenters. The first kappa shape index (κ1) is 12.7. The molecular formula is C15H20O4. The SMILES string of the molecule is CC[C@H]1C2C3C=CC(C3)C2C1(C(=O)OC)C(=O)OC. The highest BCUT2D eigenvalue weighted by molar-refractivity contribution is 6.02. The van der Waals surface area contributed by atoms with E-state index in [0.29, 0.717) is 17.8 Å². The lowest BCUT2D eigenvalue weighted by atomic mass is 9.43. The van der Waals surface area contributed by atoms with Crippen LogP contribution in [0.5, 0.6) is 0 Å². The van der Waals surface area contributed by atoms with E-state index in [1.807, 2.05) is 6.92 Å². The average Bonchev–Trinajstić information content (AvgIpc) is 2.97. The van der Waals surface area contributed by atoms with E-state index in [-0.39, 0.29) is 11.8 Å². The Kier molecular flexibility index (Phi) is 2.73. The number of methoxy groups -OCH3 is 2. The molecule has 0 aromatic rings. The highest BCUT2D eigenvalue weighted by Gasteiger charge is 2.76. The Hall–Kier alpha value is -1.32. The lowest BCUT2D eigenvalue weighted by Gasteiger charge is -2.58. The molecule has 0 spiro atoms. The van der Waals surface area contributed by atoms with Crippen molar-refractivity contribution in [2.75, 3.05) is 14.2 Å². The molecule has 104 valence electrons. The fourth-order valence-electron chi connectivity index (χ4n) is 5.07. The molecule has 3 aliphatic rings. The number of rotatable bonds is 3. The summed E-state index contributed by atoms with van der Waals surface area (Å²) in [5.74, 6) is 0.614. The van der Waals surface area contributed by atoms with Gasteiger partial charge in [-0.2, -0.15) is 0 Å². The van der Waals surface area contributed by atoms with Crippen molar-refractivity contribution in [1.29, 1.82) is 0 Å². The van der Waals surface area contributed by atoms with Gasteiger partial charge in [0.25, 0.3) is 0 Å². The van der Waals surface area contributed by atoms with Crippen LogP contribution in [0.3, 0.4) is 0 Å². The van der Waals surface area contributed by atoms with Crippen molar-refractivity contribution < 1.29 is 19.1 Å². The molecule has 2 saturated carbocycles. The number of hydrogen-bond donors (Lipinski definition) is 0. The Morgan fingerprint density at radius 2 is 1.74 bits per heavy atom. The van der Waals surface area contributed by atoms with Crippen LogP contribution in [0.1, 0.15) is 19.8 Å². The van der Waals surface area contributed by atoms with Gasteiger partial charge in [0, 0.05) is 0 Å². The first-order valence-electron chi connectivity index (χ1n) is 6.98. The molecule has 0 aliphatic heterocycles. The van der Waals surface area contributed by atoms with Gasteiger partial charge in [0.05, 0.1) is 14.2 Å². The van der Waals surface area contributed by atoms with E-state index < -0.39 is 17.4 Å². The number of allylic oxidation sites excluding steroid dienone is 2. The zero-order valence-electron chi connectivity index (χ0n) is 11.6. The zero-order valence-corrected chi connectivity index (χ0v) is 11.6. The first-order chi connectivity index (χ1) is 9.12. The third-order valence-corrected chi connectivity index (χ3v) is 5.58. The van der Waals surface area contributed by atoms with Crippen molar-refractivity contribution >= 4 is 11.9 Å². The number of carbonyl (C=O) groups excluding carboxylic acids is 2. The lowest BCUT2D eigenvalue weighted by Crippen LogP contribution is -2.66. The summed E-state index contributed by atoms with van der Waals surface area (Å²) < 4.78 is 9.93. The standard InChI is InChI=1S/C15H20O4/c1-4-10-11-8-5-6-9(7-8)12(11)15(10,13(16)18-2)14(17)19-3/h5-6,8-12H,4,7H2,1-3H3/t8?,9?,10-,11?,12?/m0/s1. The molecule has 3 aliphatic carbocycles. The number of ether oxygens (including phenoxy) is 2. The fourth-order valence-corrected chi connectivity index (χ4v) is 5.07. The molecule has 0 aromatic carbocycles. The molecule has 0 aromatic heterocycles. The molecule has 3 rings (SSSR count). The largest absolute Gasteiger partial charge is 0.468 e. The van der Waals surface area contributed by atoms with Crippen LogP contribution in [0.4, 0.5) is 0 Å². The van der Waals surface area contributed by atoms with E-state index in [1.54, 1.807) is 0 Å². The lowest BCUT2D eigenvalue weighted by molar-refractivity contribution is -0.209. The molecule has 0 N–H and O–H groups in total. The van der Waals surface area contributed by atoms with E-state index >= 15 is 0 Å². The minimum Gasteiger partial charge on any atom is -0.468 e. The second-order valence-corrected chi connectivity index (χ2v) is 5.92. The Labute approximate surface area is 113 Å². The van der Waals surface area contributed by atoms with Crippen LogP contribution in [0, 0.1) is 35.0 Å². The Balaban J connectivity index is 2.06. The number of carbonyl (C=O) groups is 2. The van der Waals surface area contributed by atoms with Gasteiger partial charge in [0.1, 0.15) is 0 Å². The van der Waals surface area contributed by atoms with Gasteiger partial charge >= 0.3 is 11.9 Å². The van der Waals surface area contributed by atoms with Gasteiger partial charge in [-0.25, -0.2) is 0 Å². The molecule has 4 nitrogen and oxygen atoms in total. The number of fused-ring (bicyclic) bond motifs is 5. The van der Waals surface area contributed by atoms with Gasteiger partial charge in [-0.3, -0.25) is 9.59 Å². The quantitative estimate of drug-likeness (QED) is 0.443. The average molecular weight is 264 g/mol. The maximum absolute atomic E-state index is 12.4. The summed E-state index contributed by atoms with van der Waals surface area (Å²) in [6.07, 6.45) is 6.30. The molecule has 2 bridgehead atoms. The molecule has 4 unspecified atom stereocenters. The Bertz CT molecular complexity index is 437. The zero-order chi connectivity index (χ0) is 13.8. The van der Waals surface area contributed by atoms with Crippen LogP contribution in [-0.2, 0) is 19.1 Å². The van der Waals surface area contributed by atoms with Crippen molar-refractivity contribution in [2.45, 2.75) is 19.8 Å². The summed E-state index contributed by atoms with van der Waals surface area (Å²) in [5, 5.41) is 0. The van der Waals surface area contributed by atoms with E-state index in [1.165, 1.54) is 14.2 Å². The van der Waals surface area contributed by atoms with Crippen molar-refractivity contribution in [3.05, 3.63) is 12.2 Å². The van der Waals surface area contributed by atoms with Crippen LogP contribution in [0.25, 0.3) is 0 Å². The Morgan fingerprint density at radius 3 is 2.26 bits per heavy atom. The summed E-state index contributed by atoms with van der Waals surface area (Å²) in [6, 6.07) is 0. The molecule has 0 amide bonds. The highest BCUT2D eigenvalue weighted by atomic mass is 16.5. The van der Waals surface area contributed by atoms with E-state index in [2.05, 4.69) is 12.2 Å². The molecule has 0 saturated heterocycles. The highest BCUT2D eigenvalue weighted by Crippen LogP contribution is 2.71. The third kappa shape index (κ3) is 1.25. The van der Waals surface area contributed by atoms with Crippen LogP contribution >= 0.6 is 0 Å². The van der Waals surface area contributed by atoms with Crippen LogP contribution in [0.15, 0.2) is 12.2 Å². The van der Waals surface area contributed by atoms with E-state index in [0.717, 1.165) is 12.8 Å². The summed E-state index contributed by atoms with van der Waals surface area (Å²) in [7, 11) is 2.71. The molecule has 2 fully saturated rings. The predicted octanol–water partition coefficient (Wildman–Crippen LogP) is 1.80. The minimum absolute atomic E-state index is 0.0531. The first-order valence-corrected chi connectivity index (χ1v) is 6.98. The fraction of sp³-hybridized carbons (Fsp3) is 0.733. The van der Waals surface area contributed by atoms with Gasteiger partial charge in [-0.1, -0.05) is 25.5 Å². The molecule has 0 radical (unpaired) electrons. The molecular weight excluding hydrogens is 244 g/mol. The third-order valence-electron chi connectivity index (χ3n) is 5.58. The van der Waals surface area contributed by atoms with Gasteiger partial charge in [0.2, 0.25) is 0 Å². The molecule has 0 heterocycles. The predicted molar refractivity (Wildman–Crippen MR) is 68.0 cm³/mol. The summed E-state index contributed by atoms with van der Waals surface area (Å²) in [4.78, 5) is 24.7. The monoisotopic (exact) mass is 264 g/mol. The molecule has 4 heteroatoms. The van der Waals surface area contributed by atoms with Crippen molar-refractivity contribution in [3.63, 3.8) is 0 Å². The summed E-state index contributed by atoms with van der Waals surface area (Å²) >= 11 is 0. The maximum Gasteiger partial charge on any atom is 0.323 e. The van der Waals surface area contributed by atoms with Gasteiger partial charge in [-0.15, -0.1) is 0 Å². The molecule has 19 heavy (non-hydrogen) atoms. The number of esters is 2. The topological polar surface area (TPSA) is 52.6 Å². The van der Waals surface area contributed by atoms with Gasteiger partial charge in [0.15, 0.2) is 5.41 Å². The normalized spacial score (nSPS) is 40.5. The summed E-state index contributed by atoms with van der Waals surface area (Å²) in [6.45, 7) is 2.04. The van der Waals surface area contributed by atoms with E-state index in [9.17, 15) is 9.59 Å². The van der Waals surface area contributed by atoms with Crippen LogP contribution < -0.4 is 0 Å². The van der Waals surface area contributed by atoms with Gasteiger partial charge < -0.3 is 9.47 Å². The van der Waals surface area contributed by atoms with E-state index in [4.69, 9.17) is 9.47 Å². The second kappa shape index (κ2) is 4.09. The van der Waals surface area contributed by atoms with Crippen LogP contribution in [-0.4, -0.2) is 26.2 Å². The number of hydrogen-bond acceptors (Lipinski definition) is 4. The summed E-state index contributed by atoms with van der Waals surface area (Å²) in [5.41, 5.74) is -1.06. The smallest absolute Gasteiger partial charge is 0.323 e. The maximum atomic E-state index is 12.4. The van der Waals surface area contributed by atoms with Gasteiger partial charge in [-0.05, 0) is 36.0 Å². The second-order valence-electron chi connectivity index (χ2n) is 5.92. The van der Waals surface area contributed by atoms with Crippen molar-refractivity contribution in [1.82, 2.24) is 0 Å². The Morgan fingerprint density at radius 1 is 1.16 bits per heavy atom. The van der Waals surface area contributed by atoms with Crippen LogP contribution in [0.2, 0.25) is 0 Å². The van der Waals surface area contributed by atoms with Crippen molar-refractivity contribution in [2.24, 2.45) is 35.0 Å².